The lowest BCUT2D eigenvalue weighted by atomic mass is 10.00. The normalized spacial score (nSPS) is 19.0. The molecule has 0 saturated heterocycles. The summed E-state index contributed by atoms with van der Waals surface area (Å²) in [7, 11) is 0. The van der Waals surface area contributed by atoms with Gasteiger partial charge in [-0.25, -0.2) is 9.18 Å². The fourth-order valence-corrected chi connectivity index (χ4v) is 2.80. The second-order valence-corrected chi connectivity index (χ2v) is 7.02. The summed E-state index contributed by atoms with van der Waals surface area (Å²) >= 11 is 3.26. The summed E-state index contributed by atoms with van der Waals surface area (Å²) in [4.78, 5) is 13.8. The third-order valence-corrected chi connectivity index (χ3v) is 4.20. The number of nitrogens with two attached hydrogens (primary N) is 1. The topological polar surface area (TPSA) is 55.6 Å². The van der Waals surface area contributed by atoms with E-state index < -0.39 is 11.7 Å². The molecule has 1 aliphatic rings. The SMILES string of the molecule is CC(C)(C)OC(=O)N1CC[C@@H](N)c2ccc(F)c(Br)c2C1. The first kappa shape index (κ1) is 16.2. The van der Waals surface area contributed by atoms with E-state index in [1.807, 2.05) is 20.8 Å². The number of carbonyl (C=O) groups is 1. The van der Waals surface area contributed by atoms with Crippen molar-refractivity contribution < 1.29 is 13.9 Å². The molecule has 0 saturated carbocycles. The van der Waals surface area contributed by atoms with Crippen LogP contribution in [-0.2, 0) is 11.3 Å². The van der Waals surface area contributed by atoms with Crippen LogP contribution in [0.5, 0.6) is 0 Å². The number of fused-ring (bicyclic) bond motifs is 1. The van der Waals surface area contributed by atoms with Gasteiger partial charge in [-0.05, 0) is 60.3 Å². The Morgan fingerprint density at radius 2 is 2.14 bits per heavy atom. The molecule has 1 heterocycles. The molecule has 1 atom stereocenters. The second-order valence-electron chi connectivity index (χ2n) is 6.23. The van der Waals surface area contributed by atoms with Crippen LogP contribution in [0.3, 0.4) is 0 Å². The number of benzene rings is 1. The van der Waals surface area contributed by atoms with Gasteiger partial charge in [-0.1, -0.05) is 6.07 Å². The predicted octanol–water partition coefficient (Wildman–Crippen LogP) is 3.73. The molecule has 21 heavy (non-hydrogen) atoms. The van der Waals surface area contributed by atoms with Crippen LogP contribution in [0.1, 0.15) is 44.4 Å². The quantitative estimate of drug-likeness (QED) is 0.768. The maximum Gasteiger partial charge on any atom is 0.410 e. The number of amides is 1. The van der Waals surface area contributed by atoms with Crippen molar-refractivity contribution in [3.05, 3.63) is 33.5 Å². The minimum Gasteiger partial charge on any atom is -0.444 e. The lowest BCUT2D eigenvalue weighted by Gasteiger charge is -2.26. The molecule has 4 nitrogen and oxygen atoms in total. The van der Waals surface area contributed by atoms with Crippen LogP contribution in [0.25, 0.3) is 0 Å². The first-order valence-corrected chi connectivity index (χ1v) is 7.68. The van der Waals surface area contributed by atoms with Crippen molar-refractivity contribution in [2.75, 3.05) is 6.54 Å². The fraction of sp³-hybridized carbons (Fsp3) is 0.533. The molecule has 0 aliphatic carbocycles. The molecule has 2 N–H and O–H groups in total. The third kappa shape index (κ3) is 3.74. The van der Waals surface area contributed by atoms with E-state index in [2.05, 4.69) is 15.9 Å². The van der Waals surface area contributed by atoms with E-state index in [0.29, 0.717) is 23.0 Å². The summed E-state index contributed by atoms with van der Waals surface area (Å²) in [5, 5.41) is 0. The van der Waals surface area contributed by atoms with E-state index in [4.69, 9.17) is 10.5 Å². The molecule has 6 heteroatoms. The van der Waals surface area contributed by atoms with E-state index in [-0.39, 0.29) is 18.4 Å². The predicted molar refractivity (Wildman–Crippen MR) is 82.3 cm³/mol. The molecule has 1 aliphatic heterocycles. The van der Waals surface area contributed by atoms with Crippen molar-refractivity contribution >= 4 is 22.0 Å². The van der Waals surface area contributed by atoms with Gasteiger partial charge in [0.15, 0.2) is 0 Å². The van der Waals surface area contributed by atoms with Crippen LogP contribution in [-0.4, -0.2) is 23.1 Å². The van der Waals surface area contributed by atoms with Gasteiger partial charge in [-0.3, -0.25) is 0 Å². The minimum absolute atomic E-state index is 0.218. The smallest absolute Gasteiger partial charge is 0.410 e. The number of rotatable bonds is 0. The van der Waals surface area contributed by atoms with Crippen LogP contribution >= 0.6 is 15.9 Å². The molecular formula is C15H20BrFN2O2. The Balaban J connectivity index is 2.30. The van der Waals surface area contributed by atoms with Gasteiger partial charge in [0.25, 0.3) is 0 Å². The molecular weight excluding hydrogens is 339 g/mol. The largest absolute Gasteiger partial charge is 0.444 e. The highest BCUT2D eigenvalue weighted by atomic mass is 79.9. The van der Waals surface area contributed by atoms with E-state index in [9.17, 15) is 9.18 Å². The van der Waals surface area contributed by atoms with Gasteiger partial charge in [0.1, 0.15) is 11.4 Å². The van der Waals surface area contributed by atoms with Crippen LogP contribution in [0.2, 0.25) is 0 Å². The minimum atomic E-state index is -0.562. The van der Waals surface area contributed by atoms with Gasteiger partial charge in [-0.15, -0.1) is 0 Å². The van der Waals surface area contributed by atoms with Gasteiger partial charge < -0.3 is 15.4 Å². The van der Waals surface area contributed by atoms with E-state index in [0.717, 1.165) is 5.56 Å². The van der Waals surface area contributed by atoms with Crippen molar-refractivity contribution in [1.29, 1.82) is 0 Å². The fourth-order valence-electron chi connectivity index (χ4n) is 2.32. The first-order valence-electron chi connectivity index (χ1n) is 6.89. The van der Waals surface area contributed by atoms with Crippen molar-refractivity contribution in [3.8, 4) is 0 Å². The summed E-state index contributed by atoms with van der Waals surface area (Å²) in [6, 6.07) is 2.87. The molecule has 0 aromatic heterocycles. The number of hydrogen-bond donors (Lipinski definition) is 1. The standard InChI is InChI=1S/C15H20BrFN2O2/c1-15(2,3)21-14(20)19-7-6-12(18)9-4-5-11(17)13(16)10(9)8-19/h4-5,12H,6-8,18H2,1-3H3/t12-/m1/s1. The molecule has 1 aromatic carbocycles. The van der Waals surface area contributed by atoms with Crippen molar-refractivity contribution in [1.82, 2.24) is 4.90 Å². The summed E-state index contributed by atoms with van der Waals surface area (Å²) < 4.78 is 19.5. The zero-order valence-electron chi connectivity index (χ0n) is 12.5. The maximum absolute atomic E-state index is 13.7. The number of hydrogen-bond acceptors (Lipinski definition) is 3. The summed E-state index contributed by atoms with van der Waals surface area (Å²) in [5.41, 5.74) is 7.15. The highest BCUT2D eigenvalue weighted by Crippen LogP contribution is 2.32. The number of halogens is 2. The Hall–Kier alpha value is -1.14. The molecule has 0 bridgehead atoms. The zero-order valence-corrected chi connectivity index (χ0v) is 14.0. The van der Waals surface area contributed by atoms with E-state index >= 15 is 0 Å². The van der Waals surface area contributed by atoms with Crippen LogP contribution in [0.15, 0.2) is 16.6 Å². The molecule has 0 fully saturated rings. The second kappa shape index (κ2) is 5.93. The van der Waals surface area contributed by atoms with Gasteiger partial charge in [0.05, 0.1) is 11.0 Å². The highest BCUT2D eigenvalue weighted by Gasteiger charge is 2.28. The molecule has 1 amide bonds. The summed E-state index contributed by atoms with van der Waals surface area (Å²) in [6.45, 7) is 6.23. The maximum atomic E-state index is 13.7. The van der Waals surface area contributed by atoms with Crippen LogP contribution < -0.4 is 5.73 Å². The van der Waals surface area contributed by atoms with E-state index in [1.165, 1.54) is 6.07 Å². The molecule has 1 aromatic rings. The van der Waals surface area contributed by atoms with Gasteiger partial charge >= 0.3 is 6.09 Å². The van der Waals surface area contributed by atoms with Gasteiger partial charge in [0, 0.05) is 12.6 Å². The Labute approximate surface area is 132 Å². The first-order chi connectivity index (χ1) is 9.69. The molecule has 0 unspecified atom stereocenters. The average molecular weight is 359 g/mol. The van der Waals surface area contributed by atoms with Crippen LogP contribution in [0.4, 0.5) is 9.18 Å². The van der Waals surface area contributed by atoms with Crippen molar-refractivity contribution in [2.24, 2.45) is 5.73 Å². The van der Waals surface area contributed by atoms with Crippen LogP contribution in [0, 0.1) is 5.82 Å². The van der Waals surface area contributed by atoms with Gasteiger partial charge in [0.2, 0.25) is 0 Å². The molecule has 0 spiro atoms. The monoisotopic (exact) mass is 358 g/mol. The number of nitrogens with zero attached hydrogens (tertiary/aromatic N) is 1. The Bertz CT molecular complexity index is 557. The third-order valence-electron chi connectivity index (χ3n) is 3.34. The lowest BCUT2D eigenvalue weighted by Crippen LogP contribution is -2.36. The van der Waals surface area contributed by atoms with Gasteiger partial charge in [-0.2, -0.15) is 0 Å². The Morgan fingerprint density at radius 3 is 2.76 bits per heavy atom. The Morgan fingerprint density at radius 1 is 1.48 bits per heavy atom. The lowest BCUT2D eigenvalue weighted by molar-refractivity contribution is 0.0234. The summed E-state index contributed by atoms with van der Waals surface area (Å²) in [6.07, 6.45) is 0.211. The van der Waals surface area contributed by atoms with Crippen molar-refractivity contribution in [3.63, 3.8) is 0 Å². The Kier molecular flexibility index (Phi) is 4.58. The summed E-state index contributed by atoms with van der Waals surface area (Å²) in [5.74, 6) is -0.355. The molecule has 2 rings (SSSR count). The molecule has 0 radical (unpaired) electrons. The molecule has 116 valence electrons. The number of ether oxygens (including phenoxy) is 1. The highest BCUT2D eigenvalue weighted by molar-refractivity contribution is 9.10. The van der Waals surface area contributed by atoms with E-state index in [1.54, 1.807) is 11.0 Å². The van der Waals surface area contributed by atoms with Crippen molar-refractivity contribution in [2.45, 2.75) is 45.4 Å². The zero-order chi connectivity index (χ0) is 15.8. The average Bonchev–Trinajstić information content (AvgIpc) is 2.52. The number of carbonyl (C=O) groups excluding carboxylic acids is 1.